The van der Waals surface area contributed by atoms with Gasteiger partial charge >= 0.3 is 5.97 Å². The van der Waals surface area contributed by atoms with Crippen molar-refractivity contribution in [3.8, 4) is 5.75 Å². The zero-order valence-corrected chi connectivity index (χ0v) is 11.0. The number of esters is 1. The van der Waals surface area contributed by atoms with Gasteiger partial charge in [0.15, 0.2) is 0 Å². The molecular weight excluding hydrogens is 262 g/mol. The smallest absolute Gasteiger partial charge is 0.320 e. The molecule has 3 nitrogen and oxygen atoms in total. The maximum atomic E-state index is 12.1. The van der Waals surface area contributed by atoms with Crippen LogP contribution in [0.2, 0.25) is 5.02 Å². The van der Waals surface area contributed by atoms with Gasteiger partial charge in [-0.3, -0.25) is 4.79 Å². The summed E-state index contributed by atoms with van der Waals surface area (Å²) in [6.07, 6.45) is 0. The number of nitrogens with two attached hydrogens (primary N) is 1. The van der Waals surface area contributed by atoms with Crippen LogP contribution in [-0.2, 0) is 4.79 Å². The Morgan fingerprint density at radius 2 is 1.74 bits per heavy atom. The van der Waals surface area contributed by atoms with Crippen molar-refractivity contribution in [2.45, 2.75) is 5.92 Å². The van der Waals surface area contributed by atoms with Gasteiger partial charge in [0.1, 0.15) is 5.75 Å². The summed E-state index contributed by atoms with van der Waals surface area (Å²) in [4.78, 5) is 12.1. The van der Waals surface area contributed by atoms with Crippen LogP contribution in [0.1, 0.15) is 11.5 Å². The summed E-state index contributed by atoms with van der Waals surface area (Å²) >= 11 is 6.08. The van der Waals surface area contributed by atoms with Crippen LogP contribution in [0.15, 0.2) is 54.6 Å². The first-order valence-corrected chi connectivity index (χ1v) is 6.31. The standard InChI is InChI=1S/C15H14ClNO2/c16-14-9-5-4-8-12(14)13(10-17)15(18)19-11-6-2-1-3-7-11/h1-9,13H,10,17H2. The lowest BCUT2D eigenvalue weighted by atomic mass is 9.99. The molecule has 0 fully saturated rings. The van der Waals surface area contributed by atoms with E-state index in [1.165, 1.54) is 0 Å². The van der Waals surface area contributed by atoms with Gasteiger partial charge in [0, 0.05) is 11.6 Å². The molecule has 1 atom stereocenters. The van der Waals surface area contributed by atoms with Gasteiger partial charge < -0.3 is 10.5 Å². The number of hydrogen-bond acceptors (Lipinski definition) is 3. The summed E-state index contributed by atoms with van der Waals surface area (Å²) in [6.45, 7) is 0.148. The highest BCUT2D eigenvalue weighted by Crippen LogP contribution is 2.25. The third-order valence-corrected chi connectivity index (χ3v) is 3.11. The molecule has 0 radical (unpaired) electrons. The first-order chi connectivity index (χ1) is 9.22. The van der Waals surface area contributed by atoms with Crippen molar-refractivity contribution >= 4 is 17.6 Å². The molecule has 98 valence electrons. The molecule has 0 heterocycles. The SMILES string of the molecule is NCC(C(=O)Oc1ccccc1)c1ccccc1Cl. The fourth-order valence-electron chi connectivity index (χ4n) is 1.78. The number of rotatable bonds is 4. The van der Waals surface area contributed by atoms with Gasteiger partial charge in [0.2, 0.25) is 0 Å². The molecule has 0 aliphatic heterocycles. The Morgan fingerprint density at radius 1 is 1.11 bits per heavy atom. The van der Waals surface area contributed by atoms with Crippen LogP contribution >= 0.6 is 11.6 Å². The van der Waals surface area contributed by atoms with Gasteiger partial charge in [-0.25, -0.2) is 0 Å². The molecule has 2 N–H and O–H groups in total. The summed E-state index contributed by atoms with van der Waals surface area (Å²) < 4.78 is 5.30. The minimum atomic E-state index is -0.561. The van der Waals surface area contributed by atoms with Gasteiger partial charge in [0.05, 0.1) is 5.92 Å². The number of hydrogen-bond donors (Lipinski definition) is 1. The van der Waals surface area contributed by atoms with E-state index in [9.17, 15) is 4.79 Å². The van der Waals surface area contributed by atoms with Crippen molar-refractivity contribution in [2.75, 3.05) is 6.54 Å². The van der Waals surface area contributed by atoms with Crippen molar-refractivity contribution in [3.63, 3.8) is 0 Å². The fourth-order valence-corrected chi connectivity index (χ4v) is 2.05. The molecule has 19 heavy (non-hydrogen) atoms. The van der Waals surface area contributed by atoms with Crippen molar-refractivity contribution in [3.05, 3.63) is 65.2 Å². The van der Waals surface area contributed by atoms with E-state index in [0.717, 1.165) is 0 Å². The number of carbonyl (C=O) groups excluding carboxylic acids is 1. The van der Waals surface area contributed by atoms with Crippen molar-refractivity contribution in [1.82, 2.24) is 0 Å². The molecule has 0 aliphatic carbocycles. The normalized spacial score (nSPS) is 11.9. The Morgan fingerprint density at radius 3 is 2.37 bits per heavy atom. The van der Waals surface area contributed by atoms with Crippen LogP contribution in [0.4, 0.5) is 0 Å². The van der Waals surface area contributed by atoms with Crippen molar-refractivity contribution < 1.29 is 9.53 Å². The number of ether oxygens (including phenoxy) is 1. The third kappa shape index (κ3) is 3.34. The van der Waals surface area contributed by atoms with Gasteiger partial charge in [-0.15, -0.1) is 0 Å². The molecule has 0 bridgehead atoms. The van der Waals surface area contributed by atoms with E-state index >= 15 is 0 Å². The molecular formula is C15H14ClNO2. The van der Waals surface area contributed by atoms with Crippen LogP contribution in [0.5, 0.6) is 5.75 Å². The zero-order chi connectivity index (χ0) is 13.7. The Kier molecular flexibility index (Phi) is 4.55. The Bertz CT molecular complexity index is 557. The number of benzene rings is 2. The first-order valence-electron chi connectivity index (χ1n) is 5.93. The maximum Gasteiger partial charge on any atom is 0.320 e. The van der Waals surface area contributed by atoms with Crippen molar-refractivity contribution in [2.24, 2.45) is 5.73 Å². The van der Waals surface area contributed by atoms with E-state index in [4.69, 9.17) is 22.1 Å². The Balaban J connectivity index is 2.19. The lowest BCUT2D eigenvalue weighted by Gasteiger charge is -2.15. The second kappa shape index (κ2) is 6.36. The van der Waals surface area contributed by atoms with E-state index in [1.54, 1.807) is 36.4 Å². The van der Waals surface area contributed by atoms with Crippen LogP contribution in [-0.4, -0.2) is 12.5 Å². The minimum absolute atomic E-state index is 0.148. The van der Waals surface area contributed by atoms with Gasteiger partial charge in [-0.05, 0) is 23.8 Å². The minimum Gasteiger partial charge on any atom is -0.426 e. The van der Waals surface area contributed by atoms with E-state index in [0.29, 0.717) is 16.3 Å². The van der Waals surface area contributed by atoms with Crippen LogP contribution in [0.25, 0.3) is 0 Å². The highest BCUT2D eigenvalue weighted by molar-refractivity contribution is 6.31. The van der Waals surface area contributed by atoms with E-state index in [2.05, 4.69) is 0 Å². The largest absolute Gasteiger partial charge is 0.426 e. The zero-order valence-electron chi connectivity index (χ0n) is 10.3. The fraction of sp³-hybridized carbons (Fsp3) is 0.133. The molecule has 2 aromatic carbocycles. The second-order valence-corrected chi connectivity index (χ2v) is 4.45. The Hall–Kier alpha value is -1.84. The van der Waals surface area contributed by atoms with Crippen LogP contribution in [0, 0.1) is 0 Å². The first kappa shape index (κ1) is 13.6. The average Bonchev–Trinajstić information content (AvgIpc) is 2.43. The van der Waals surface area contributed by atoms with E-state index in [1.807, 2.05) is 18.2 Å². The summed E-state index contributed by atoms with van der Waals surface area (Å²) in [5.74, 6) is -0.464. The van der Waals surface area contributed by atoms with Gasteiger partial charge in [-0.2, -0.15) is 0 Å². The molecule has 0 saturated heterocycles. The molecule has 2 rings (SSSR count). The van der Waals surface area contributed by atoms with Crippen LogP contribution in [0.3, 0.4) is 0 Å². The maximum absolute atomic E-state index is 12.1. The van der Waals surface area contributed by atoms with Gasteiger partial charge in [0.25, 0.3) is 0 Å². The lowest BCUT2D eigenvalue weighted by molar-refractivity contribution is -0.135. The molecule has 1 unspecified atom stereocenters. The van der Waals surface area contributed by atoms with E-state index < -0.39 is 11.9 Å². The molecule has 4 heteroatoms. The number of carbonyl (C=O) groups is 1. The molecule has 2 aromatic rings. The number of halogens is 1. The summed E-state index contributed by atoms with van der Waals surface area (Å²) in [5.41, 5.74) is 6.36. The quantitative estimate of drug-likeness (QED) is 0.689. The van der Waals surface area contributed by atoms with Gasteiger partial charge in [-0.1, -0.05) is 48.0 Å². The highest BCUT2D eigenvalue weighted by Gasteiger charge is 2.23. The predicted molar refractivity (Wildman–Crippen MR) is 75.3 cm³/mol. The molecule has 0 aliphatic rings. The third-order valence-electron chi connectivity index (χ3n) is 2.76. The summed E-state index contributed by atoms with van der Waals surface area (Å²) in [7, 11) is 0. The van der Waals surface area contributed by atoms with Crippen molar-refractivity contribution in [1.29, 1.82) is 0 Å². The average molecular weight is 276 g/mol. The van der Waals surface area contributed by atoms with Crippen LogP contribution < -0.4 is 10.5 Å². The molecule has 0 aromatic heterocycles. The summed E-state index contributed by atoms with van der Waals surface area (Å²) in [5, 5.41) is 0.517. The van der Waals surface area contributed by atoms with E-state index in [-0.39, 0.29) is 6.54 Å². The summed E-state index contributed by atoms with van der Waals surface area (Å²) in [6, 6.07) is 16.0. The topological polar surface area (TPSA) is 52.3 Å². The molecule has 0 spiro atoms. The predicted octanol–water partition coefficient (Wildman–Crippen LogP) is 2.99. The Labute approximate surface area is 117 Å². The monoisotopic (exact) mass is 275 g/mol. The highest BCUT2D eigenvalue weighted by atomic mass is 35.5. The lowest BCUT2D eigenvalue weighted by Crippen LogP contribution is -2.26. The second-order valence-electron chi connectivity index (χ2n) is 4.04. The molecule has 0 saturated carbocycles. The molecule has 0 amide bonds. The number of para-hydroxylation sites is 1.